The van der Waals surface area contributed by atoms with Crippen molar-refractivity contribution in [2.24, 2.45) is 35.5 Å². The van der Waals surface area contributed by atoms with Crippen molar-refractivity contribution in [3.63, 3.8) is 0 Å². The van der Waals surface area contributed by atoms with Crippen molar-refractivity contribution in [3.05, 3.63) is 12.2 Å². The number of carbonyl (C=O) groups is 1. The van der Waals surface area contributed by atoms with Crippen LogP contribution in [0, 0.1) is 35.5 Å². The average Bonchev–Trinajstić information content (AvgIpc) is 2.88. The molecule has 98 valence electrons. The maximum absolute atomic E-state index is 12.5. The first kappa shape index (κ1) is 11.3. The van der Waals surface area contributed by atoms with Gasteiger partial charge in [-0.2, -0.15) is 0 Å². The molecule has 0 saturated heterocycles. The fourth-order valence-corrected chi connectivity index (χ4v) is 5.74. The van der Waals surface area contributed by atoms with Gasteiger partial charge in [0.1, 0.15) is 5.78 Å². The molecule has 4 aliphatic rings. The van der Waals surface area contributed by atoms with Gasteiger partial charge in [-0.05, 0) is 61.7 Å². The monoisotopic (exact) mass is 244 g/mol. The molecule has 4 rings (SSSR count). The van der Waals surface area contributed by atoms with Crippen LogP contribution in [0.25, 0.3) is 0 Å². The number of fused-ring (bicyclic) bond motifs is 5. The van der Waals surface area contributed by atoms with Crippen molar-refractivity contribution in [2.75, 3.05) is 0 Å². The van der Waals surface area contributed by atoms with Gasteiger partial charge in [0, 0.05) is 12.3 Å². The molecule has 0 aromatic carbocycles. The number of ketones is 1. The lowest BCUT2D eigenvalue weighted by atomic mass is 9.53. The smallest absolute Gasteiger partial charge is 0.136 e. The Morgan fingerprint density at radius 3 is 2.72 bits per heavy atom. The predicted molar refractivity (Wildman–Crippen MR) is 72.0 cm³/mol. The molecule has 4 aliphatic carbocycles. The molecule has 0 N–H and O–H groups in total. The van der Waals surface area contributed by atoms with Crippen molar-refractivity contribution in [1.29, 1.82) is 0 Å². The molecule has 0 amide bonds. The molecule has 6 unspecified atom stereocenters. The van der Waals surface area contributed by atoms with Crippen molar-refractivity contribution in [3.8, 4) is 0 Å². The van der Waals surface area contributed by atoms with E-state index in [0.717, 1.165) is 36.0 Å². The Balaban J connectivity index is 1.62. The van der Waals surface area contributed by atoms with Gasteiger partial charge in [-0.15, -0.1) is 0 Å². The molecule has 0 aromatic heterocycles. The molecular formula is C17H24O. The third kappa shape index (κ3) is 1.55. The third-order valence-electron chi connectivity index (χ3n) is 6.49. The first-order chi connectivity index (χ1) is 8.84. The molecule has 1 heteroatoms. The normalized spacial score (nSPS) is 50.6. The van der Waals surface area contributed by atoms with Crippen LogP contribution in [0.4, 0.5) is 0 Å². The highest BCUT2D eigenvalue weighted by Gasteiger charge is 2.50. The summed E-state index contributed by atoms with van der Waals surface area (Å²) in [4.78, 5) is 12.5. The summed E-state index contributed by atoms with van der Waals surface area (Å²) in [7, 11) is 0. The molecule has 3 fully saturated rings. The van der Waals surface area contributed by atoms with E-state index < -0.39 is 0 Å². The van der Waals surface area contributed by atoms with E-state index in [-0.39, 0.29) is 0 Å². The largest absolute Gasteiger partial charge is 0.299 e. The zero-order chi connectivity index (χ0) is 12.1. The van der Waals surface area contributed by atoms with E-state index in [4.69, 9.17) is 0 Å². The zero-order valence-corrected chi connectivity index (χ0v) is 11.2. The van der Waals surface area contributed by atoms with Crippen LogP contribution in [0.3, 0.4) is 0 Å². The van der Waals surface area contributed by atoms with Gasteiger partial charge in [-0.25, -0.2) is 0 Å². The lowest BCUT2D eigenvalue weighted by Crippen LogP contribution is -2.47. The molecular weight excluding hydrogens is 220 g/mol. The highest BCUT2D eigenvalue weighted by atomic mass is 16.1. The lowest BCUT2D eigenvalue weighted by Gasteiger charge is -2.50. The molecule has 6 atom stereocenters. The molecule has 0 aromatic rings. The van der Waals surface area contributed by atoms with Gasteiger partial charge < -0.3 is 0 Å². The molecule has 1 nitrogen and oxygen atoms in total. The Morgan fingerprint density at radius 1 is 0.889 bits per heavy atom. The fraction of sp³-hybridized carbons (Fsp3) is 0.824. The van der Waals surface area contributed by atoms with Gasteiger partial charge in [0.2, 0.25) is 0 Å². The molecule has 0 bridgehead atoms. The van der Waals surface area contributed by atoms with E-state index in [2.05, 4.69) is 12.2 Å². The molecule has 18 heavy (non-hydrogen) atoms. The average molecular weight is 244 g/mol. The molecule has 0 heterocycles. The number of Topliss-reactive ketones (excluding diaryl/α,β-unsaturated/α-hetero) is 1. The van der Waals surface area contributed by atoms with Gasteiger partial charge in [0.05, 0.1) is 0 Å². The van der Waals surface area contributed by atoms with E-state index in [1.165, 1.54) is 44.9 Å². The van der Waals surface area contributed by atoms with Crippen molar-refractivity contribution in [1.82, 2.24) is 0 Å². The molecule has 0 aliphatic heterocycles. The van der Waals surface area contributed by atoms with Crippen LogP contribution < -0.4 is 0 Å². The van der Waals surface area contributed by atoms with Gasteiger partial charge in [-0.1, -0.05) is 25.0 Å². The van der Waals surface area contributed by atoms with Crippen LogP contribution in [0.1, 0.15) is 51.4 Å². The third-order valence-corrected chi connectivity index (χ3v) is 6.49. The summed E-state index contributed by atoms with van der Waals surface area (Å²) in [5.41, 5.74) is 0. The maximum Gasteiger partial charge on any atom is 0.136 e. The summed E-state index contributed by atoms with van der Waals surface area (Å²) in [6.45, 7) is 0. The minimum Gasteiger partial charge on any atom is -0.299 e. The highest BCUT2D eigenvalue weighted by Crippen LogP contribution is 2.55. The van der Waals surface area contributed by atoms with Gasteiger partial charge in [0.15, 0.2) is 0 Å². The fourth-order valence-electron chi connectivity index (χ4n) is 5.74. The predicted octanol–water partition coefficient (Wildman–Crippen LogP) is 3.98. The second-order valence-corrected chi connectivity index (χ2v) is 7.12. The SMILES string of the molecule is O=C1CC2C3CC=CC3CCC2C2CCCCC12. The van der Waals surface area contributed by atoms with Crippen LogP contribution >= 0.6 is 0 Å². The Labute approximate surface area is 110 Å². The summed E-state index contributed by atoms with van der Waals surface area (Å²) in [6, 6.07) is 0. The minimum atomic E-state index is 0.464. The second-order valence-electron chi connectivity index (χ2n) is 7.12. The second kappa shape index (κ2) is 4.21. The summed E-state index contributed by atoms with van der Waals surface area (Å²) in [5.74, 6) is 5.15. The Hall–Kier alpha value is -0.590. The van der Waals surface area contributed by atoms with Crippen molar-refractivity contribution in [2.45, 2.75) is 51.4 Å². The Kier molecular flexibility index (Phi) is 2.63. The van der Waals surface area contributed by atoms with Crippen molar-refractivity contribution < 1.29 is 4.79 Å². The van der Waals surface area contributed by atoms with E-state index in [0.29, 0.717) is 11.7 Å². The minimum absolute atomic E-state index is 0.464. The van der Waals surface area contributed by atoms with E-state index in [9.17, 15) is 4.79 Å². The lowest BCUT2D eigenvalue weighted by molar-refractivity contribution is -0.137. The maximum atomic E-state index is 12.5. The van der Waals surface area contributed by atoms with Gasteiger partial charge >= 0.3 is 0 Å². The molecule has 0 radical (unpaired) electrons. The van der Waals surface area contributed by atoms with Crippen LogP contribution in [0.5, 0.6) is 0 Å². The number of rotatable bonds is 0. The van der Waals surface area contributed by atoms with Gasteiger partial charge in [-0.3, -0.25) is 4.79 Å². The Morgan fingerprint density at radius 2 is 1.78 bits per heavy atom. The zero-order valence-electron chi connectivity index (χ0n) is 11.2. The van der Waals surface area contributed by atoms with E-state index in [1.54, 1.807) is 0 Å². The van der Waals surface area contributed by atoms with Crippen LogP contribution in [0.15, 0.2) is 12.2 Å². The number of carbonyl (C=O) groups excluding carboxylic acids is 1. The summed E-state index contributed by atoms with van der Waals surface area (Å²) in [6.07, 6.45) is 15.1. The Bertz CT molecular complexity index is 383. The summed E-state index contributed by atoms with van der Waals surface area (Å²) in [5, 5.41) is 0. The van der Waals surface area contributed by atoms with Crippen molar-refractivity contribution >= 4 is 5.78 Å². The molecule has 3 saturated carbocycles. The van der Waals surface area contributed by atoms with Crippen LogP contribution in [0.2, 0.25) is 0 Å². The van der Waals surface area contributed by atoms with Crippen LogP contribution in [-0.4, -0.2) is 5.78 Å². The highest BCUT2D eigenvalue weighted by molar-refractivity contribution is 5.82. The molecule has 0 spiro atoms. The topological polar surface area (TPSA) is 17.1 Å². The van der Waals surface area contributed by atoms with Crippen LogP contribution in [-0.2, 0) is 4.79 Å². The first-order valence-electron chi connectivity index (χ1n) is 8.04. The summed E-state index contributed by atoms with van der Waals surface area (Å²) < 4.78 is 0. The standard InChI is InChI=1S/C17H24O/c18-17-10-16-12-7-3-4-11(12)8-9-14(16)13-5-1-2-6-15(13)17/h3-4,11-16H,1-2,5-10H2. The van der Waals surface area contributed by atoms with Gasteiger partial charge in [0.25, 0.3) is 0 Å². The number of allylic oxidation sites excluding steroid dienone is 2. The number of hydrogen-bond donors (Lipinski definition) is 0. The first-order valence-corrected chi connectivity index (χ1v) is 8.04. The van der Waals surface area contributed by atoms with E-state index >= 15 is 0 Å². The number of hydrogen-bond acceptors (Lipinski definition) is 1. The van der Waals surface area contributed by atoms with E-state index in [1.807, 2.05) is 0 Å². The quantitative estimate of drug-likeness (QED) is 0.589. The summed E-state index contributed by atoms with van der Waals surface area (Å²) >= 11 is 0.